The zero-order valence-electron chi connectivity index (χ0n) is 27.5. The smallest absolute Gasteiger partial charge is 0.165 e. The molecule has 2 heterocycles. The van der Waals surface area contributed by atoms with E-state index in [0.717, 1.165) is 66.1 Å². The Balaban J connectivity index is 1.23. The lowest BCUT2D eigenvalue weighted by atomic mass is 9.94. The molecule has 0 unspecified atom stereocenters. The Kier molecular flexibility index (Phi) is 6.78. The Morgan fingerprint density at radius 1 is 0.333 bits per heavy atom. The summed E-state index contributed by atoms with van der Waals surface area (Å²) in [6, 6.07) is 61.0. The maximum atomic E-state index is 6.56. The van der Waals surface area contributed by atoms with Gasteiger partial charge in [-0.1, -0.05) is 152 Å². The molecule has 51 heavy (non-hydrogen) atoms. The summed E-state index contributed by atoms with van der Waals surface area (Å²) in [5.74, 6) is 1.82. The molecule has 2 aromatic heterocycles. The highest BCUT2D eigenvalue weighted by Gasteiger charge is 2.22. The predicted octanol–water partition coefficient (Wildman–Crippen LogP) is 12.4. The van der Waals surface area contributed by atoms with Crippen molar-refractivity contribution in [3.8, 4) is 56.4 Å². The van der Waals surface area contributed by atoms with Gasteiger partial charge in [0.25, 0.3) is 0 Å². The van der Waals surface area contributed by atoms with Crippen molar-refractivity contribution in [2.75, 3.05) is 0 Å². The van der Waals surface area contributed by atoms with Gasteiger partial charge in [-0.05, 0) is 68.1 Å². The molecule has 0 spiro atoms. The molecule has 0 atom stereocenters. The molecule has 0 saturated heterocycles. The number of benzene rings is 8. The topological polar surface area (TPSA) is 51.8 Å². The van der Waals surface area contributed by atoms with Gasteiger partial charge in [0.1, 0.15) is 11.2 Å². The van der Waals surface area contributed by atoms with Gasteiger partial charge in [0.2, 0.25) is 0 Å². The summed E-state index contributed by atoms with van der Waals surface area (Å²) in [6.07, 6.45) is 0. The van der Waals surface area contributed by atoms with Gasteiger partial charge in [0.15, 0.2) is 17.5 Å². The maximum Gasteiger partial charge on any atom is 0.165 e. The van der Waals surface area contributed by atoms with Crippen LogP contribution in [0.1, 0.15) is 0 Å². The van der Waals surface area contributed by atoms with Gasteiger partial charge in [-0.25, -0.2) is 15.0 Å². The summed E-state index contributed by atoms with van der Waals surface area (Å²) in [6.45, 7) is 0. The van der Waals surface area contributed by atoms with Gasteiger partial charge in [0, 0.05) is 27.5 Å². The molecule has 0 fully saturated rings. The summed E-state index contributed by atoms with van der Waals surface area (Å²) in [7, 11) is 0. The van der Waals surface area contributed by atoms with Crippen LogP contribution in [0.2, 0.25) is 0 Å². The lowest BCUT2D eigenvalue weighted by Crippen LogP contribution is -2.01. The number of aromatic nitrogens is 3. The SMILES string of the molecule is c1ccc(-c2nc(-c3ccc(-c4cccc5ccccc45)cc3)nc(-c3c(-c4ccccc4)ccc4oc5cc6ccccc6cc5c34)n2)cc1. The van der Waals surface area contributed by atoms with Gasteiger partial charge >= 0.3 is 0 Å². The quantitative estimate of drug-likeness (QED) is 0.186. The van der Waals surface area contributed by atoms with E-state index >= 15 is 0 Å². The van der Waals surface area contributed by atoms with Crippen LogP contribution < -0.4 is 0 Å². The first-order valence-electron chi connectivity index (χ1n) is 17.1. The van der Waals surface area contributed by atoms with Gasteiger partial charge in [-0.3, -0.25) is 0 Å². The van der Waals surface area contributed by atoms with Crippen molar-refractivity contribution in [1.82, 2.24) is 15.0 Å². The van der Waals surface area contributed by atoms with Crippen molar-refractivity contribution >= 4 is 43.5 Å². The second-order valence-electron chi connectivity index (χ2n) is 12.8. The number of fused-ring (bicyclic) bond motifs is 5. The molecule has 10 aromatic rings. The molecule has 0 aliphatic heterocycles. The average molecular weight is 652 g/mol. The van der Waals surface area contributed by atoms with Crippen LogP contribution in [0.15, 0.2) is 180 Å². The van der Waals surface area contributed by atoms with E-state index in [2.05, 4.69) is 140 Å². The van der Waals surface area contributed by atoms with E-state index in [1.54, 1.807) is 0 Å². The molecule has 0 amide bonds. The zero-order chi connectivity index (χ0) is 33.7. The summed E-state index contributed by atoms with van der Waals surface area (Å²) in [5, 5.41) is 6.74. The van der Waals surface area contributed by atoms with Crippen molar-refractivity contribution < 1.29 is 4.42 Å². The first-order valence-corrected chi connectivity index (χ1v) is 17.1. The predicted molar refractivity (Wildman–Crippen MR) is 209 cm³/mol. The van der Waals surface area contributed by atoms with E-state index in [1.165, 1.54) is 16.3 Å². The largest absolute Gasteiger partial charge is 0.456 e. The Morgan fingerprint density at radius 2 is 0.882 bits per heavy atom. The number of furan rings is 1. The molecule has 0 radical (unpaired) electrons. The average Bonchev–Trinajstić information content (AvgIpc) is 3.57. The van der Waals surface area contributed by atoms with Gasteiger partial charge in [-0.15, -0.1) is 0 Å². The molecule has 238 valence electrons. The second-order valence-corrected chi connectivity index (χ2v) is 12.8. The molecular formula is C47H29N3O. The molecule has 0 aliphatic carbocycles. The standard InChI is InChI=1S/C47H29N3O/c1-3-12-31(13-4-1)39-26-27-41-43(40-28-35-17-7-8-18-36(35)29-42(40)51-41)44(39)47-49-45(33-15-5-2-6-16-33)48-46(50-47)34-24-22-32(23-25-34)38-21-11-19-30-14-9-10-20-37(30)38/h1-29H. The van der Waals surface area contributed by atoms with Crippen molar-refractivity contribution in [3.63, 3.8) is 0 Å². The van der Waals surface area contributed by atoms with Crippen LogP contribution in [0.4, 0.5) is 0 Å². The lowest BCUT2D eigenvalue weighted by molar-refractivity contribution is 0.669. The zero-order valence-corrected chi connectivity index (χ0v) is 27.5. The number of hydrogen-bond donors (Lipinski definition) is 0. The number of hydrogen-bond acceptors (Lipinski definition) is 4. The molecule has 4 heteroatoms. The van der Waals surface area contributed by atoms with Gasteiger partial charge in [-0.2, -0.15) is 0 Å². The highest BCUT2D eigenvalue weighted by Crippen LogP contribution is 2.43. The number of rotatable bonds is 5. The Labute approximate surface area is 294 Å². The van der Waals surface area contributed by atoms with E-state index in [1.807, 2.05) is 36.4 Å². The third-order valence-corrected chi connectivity index (χ3v) is 9.72. The third kappa shape index (κ3) is 5.04. The Bertz CT molecular complexity index is 2890. The van der Waals surface area contributed by atoms with Crippen molar-refractivity contribution in [1.29, 1.82) is 0 Å². The first-order chi connectivity index (χ1) is 25.3. The van der Waals surface area contributed by atoms with Crippen molar-refractivity contribution in [2.24, 2.45) is 0 Å². The van der Waals surface area contributed by atoms with Crippen LogP contribution >= 0.6 is 0 Å². The fraction of sp³-hybridized carbons (Fsp3) is 0. The van der Waals surface area contributed by atoms with Gasteiger partial charge in [0.05, 0.1) is 0 Å². The van der Waals surface area contributed by atoms with Crippen LogP contribution in [0.3, 0.4) is 0 Å². The van der Waals surface area contributed by atoms with Gasteiger partial charge < -0.3 is 4.42 Å². The summed E-state index contributed by atoms with van der Waals surface area (Å²) < 4.78 is 6.56. The fourth-order valence-electron chi connectivity index (χ4n) is 7.25. The van der Waals surface area contributed by atoms with E-state index in [9.17, 15) is 0 Å². The van der Waals surface area contributed by atoms with Crippen molar-refractivity contribution in [3.05, 3.63) is 176 Å². The molecular weight excluding hydrogens is 623 g/mol. The van der Waals surface area contributed by atoms with Crippen LogP contribution in [-0.2, 0) is 0 Å². The van der Waals surface area contributed by atoms with Crippen LogP contribution in [0, 0.1) is 0 Å². The number of nitrogens with zero attached hydrogens (tertiary/aromatic N) is 3. The second kappa shape index (κ2) is 11.9. The molecule has 0 saturated carbocycles. The highest BCUT2D eigenvalue weighted by molar-refractivity contribution is 6.17. The maximum absolute atomic E-state index is 6.56. The highest BCUT2D eigenvalue weighted by atomic mass is 16.3. The lowest BCUT2D eigenvalue weighted by Gasteiger charge is -2.14. The monoisotopic (exact) mass is 651 g/mol. The van der Waals surface area contributed by atoms with E-state index < -0.39 is 0 Å². The Morgan fingerprint density at radius 3 is 1.63 bits per heavy atom. The summed E-state index contributed by atoms with van der Waals surface area (Å²) in [5.41, 5.74) is 8.81. The third-order valence-electron chi connectivity index (χ3n) is 9.72. The minimum Gasteiger partial charge on any atom is -0.456 e. The molecule has 0 N–H and O–H groups in total. The molecule has 0 aliphatic rings. The minimum absolute atomic E-state index is 0.595. The van der Waals surface area contributed by atoms with Crippen LogP contribution in [0.25, 0.3) is 99.9 Å². The van der Waals surface area contributed by atoms with Crippen LogP contribution in [0.5, 0.6) is 0 Å². The minimum atomic E-state index is 0.595. The van der Waals surface area contributed by atoms with Crippen molar-refractivity contribution in [2.45, 2.75) is 0 Å². The van der Waals surface area contributed by atoms with E-state index in [4.69, 9.17) is 19.4 Å². The molecule has 0 bridgehead atoms. The van der Waals surface area contributed by atoms with E-state index in [-0.39, 0.29) is 0 Å². The summed E-state index contributed by atoms with van der Waals surface area (Å²) in [4.78, 5) is 15.6. The Hall–Kier alpha value is -6.91. The van der Waals surface area contributed by atoms with E-state index in [0.29, 0.717) is 17.5 Å². The summed E-state index contributed by atoms with van der Waals surface area (Å²) >= 11 is 0. The molecule has 8 aromatic carbocycles. The fourth-order valence-corrected chi connectivity index (χ4v) is 7.25. The normalized spacial score (nSPS) is 11.5. The molecule has 10 rings (SSSR count). The van der Waals surface area contributed by atoms with Crippen LogP contribution in [-0.4, -0.2) is 15.0 Å². The molecule has 4 nitrogen and oxygen atoms in total. The first kappa shape index (κ1) is 29.0.